The lowest BCUT2D eigenvalue weighted by Crippen LogP contribution is -2.27. The molecule has 1 N–H and O–H groups in total. The van der Waals surface area contributed by atoms with Gasteiger partial charge in [-0.2, -0.15) is 5.26 Å². The van der Waals surface area contributed by atoms with E-state index < -0.39 is 5.60 Å². The number of rotatable bonds is 15. The van der Waals surface area contributed by atoms with Crippen LogP contribution >= 0.6 is 0 Å². The van der Waals surface area contributed by atoms with E-state index in [0.29, 0.717) is 29.9 Å². The molecule has 0 aromatic rings. The molecule has 1 unspecified atom stereocenters. The summed E-state index contributed by atoms with van der Waals surface area (Å²) in [6.07, 6.45) is 11.1. The number of ketones is 2. The first-order chi connectivity index (χ1) is 15.4. The second kappa shape index (κ2) is 13.9. The predicted octanol–water partition coefficient (Wildman–Crippen LogP) is 7.27. The number of nitriles is 1. The summed E-state index contributed by atoms with van der Waals surface area (Å²) in [5, 5.41) is 20.2. The van der Waals surface area contributed by atoms with E-state index in [2.05, 4.69) is 27.7 Å². The van der Waals surface area contributed by atoms with Gasteiger partial charge < -0.3 is 5.11 Å². The first kappa shape index (κ1) is 29.3. The summed E-state index contributed by atoms with van der Waals surface area (Å²) in [5.41, 5.74) is 0.0708. The van der Waals surface area contributed by atoms with Crippen molar-refractivity contribution in [3.63, 3.8) is 0 Å². The Morgan fingerprint density at radius 3 is 1.82 bits per heavy atom. The summed E-state index contributed by atoms with van der Waals surface area (Å²) >= 11 is 0. The van der Waals surface area contributed by atoms with Gasteiger partial charge in [0.1, 0.15) is 11.6 Å². The zero-order valence-corrected chi connectivity index (χ0v) is 22.2. The molecule has 0 heterocycles. The standard InChI is InChI=1S/C29H47NO3/c1-20(2)11-8-12-21(3)13-9-14-22(4)15-10-17-29(7,33)18-16-25-26(19-30)28(32)24(6)23(5)27(25)31/h20-22,33H,8-18H2,1-7H3/t21-,22-,29?/m1/s1. The number of nitrogens with zero attached hydrogens (tertiary/aromatic N) is 1. The van der Waals surface area contributed by atoms with Gasteiger partial charge in [0.15, 0.2) is 11.6 Å². The molecule has 0 spiro atoms. The zero-order valence-electron chi connectivity index (χ0n) is 22.2. The van der Waals surface area contributed by atoms with Crippen molar-refractivity contribution in [1.82, 2.24) is 0 Å². The average Bonchev–Trinajstić information content (AvgIpc) is 2.73. The summed E-state index contributed by atoms with van der Waals surface area (Å²) in [5.74, 6) is 1.67. The lowest BCUT2D eigenvalue weighted by atomic mass is 9.81. The van der Waals surface area contributed by atoms with Gasteiger partial charge in [-0.05, 0) is 57.8 Å². The van der Waals surface area contributed by atoms with Crippen LogP contribution < -0.4 is 0 Å². The number of carbonyl (C=O) groups is 2. The molecule has 186 valence electrons. The Hall–Kier alpha value is -1.73. The van der Waals surface area contributed by atoms with Crippen LogP contribution in [0.1, 0.15) is 119 Å². The molecule has 0 aromatic carbocycles. The number of hydrogen-bond donors (Lipinski definition) is 1. The van der Waals surface area contributed by atoms with Crippen molar-refractivity contribution in [2.24, 2.45) is 17.8 Å². The van der Waals surface area contributed by atoms with Crippen molar-refractivity contribution >= 4 is 11.6 Å². The van der Waals surface area contributed by atoms with Gasteiger partial charge in [-0.25, -0.2) is 0 Å². The molecule has 1 aliphatic rings. The molecular formula is C29H47NO3. The first-order valence-corrected chi connectivity index (χ1v) is 13.0. The van der Waals surface area contributed by atoms with Gasteiger partial charge in [0.05, 0.1) is 5.60 Å². The molecule has 3 atom stereocenters. The van der Waals surface area contributed by atoms with Crippen molar-refractivity contribution in [3.8, 4) is 6.07 Å². The first-order valence-electron chi connectivity index (χ1n) is 13.0. The Kier molecular flexibility index (Phi) is 12.3. The van der Waals surface area contributed by atoms with Gasteiger partial charge in [0.2, 0.25) is 0 Å². The van der Waals surface area contributed by atoms with Gasteiger partial charge in [-0.1, -0.05) is 79.1 Å². The fourth-order valence-corrected chi connectivity index (χ4v) is 4.69. The highest BCUT2D eigenvalue weighted by Gasteiger charge is 2.32. The maximum Gasteiger partial charge on any atom is 0.200 e. The molecule has 0 radical (unpaired) electrons. The van der Waals surface area contributed by atoms with Gasteiger partial charge in [0, 0.05) is 16.7 Å². The minimum absolute atomic E-state index is 0.0500. The third kappa shape index (κ3) is 9.97. The number of aliphatic hydroxyl groups is 1. The Labute approximate surface area is 202 Å². The number of allylic oxidation sites excluding steroid dienone is 4. The van der Waals surface area contributed by atoms with Gasteiger partial charge in [-0.3, -0.25) is 9.59 Å². The van der Waals surface area contributed by atoms with Gasteiger partial charge in [0.25, 0.3) is 0 Å². The largest absolute Gasteiger partial charge is 0.390 e. The molecule has 0 bridgehead atoms. The van der Waals surface area contributed by atoms with Crippen LogP contribution in [0.2, 0.25) is 0 Å². The lowest BCUT2D eigenvalue weighted by molar-refractivity contribution is -0.116. The van der Waals surface area contributed by atoms with E-state index in [1.807, 2.05) is 6.07 Å². The normalized spacial score (nSPS) is 18.5. The smallest absolute Gasteiger partial charge is 0.200 e. The second-order valence-electron chi connectivity index (χ2n) is 11.2. The quantitative estimate of drug-likeness (QED) is 0.262. The fourth-order valence-electron chi connectivity index (χ4n) is 4.69. The molecule has 0 saturated carbocycles. The van der Waals surface area contributed by atoms with Crippen molar-refractivity contribution < 1.29 is 14.7 Å². The fraction of sp³-hybridized carbons (Fsp3) is 0.759. The molecule has 0 saturated heterocycles. The molecular weight excluding hydrogens is 410 g/mol. The summed E-state index contributed by atoms with van der Waals surface area (Å²) in [7, 11) is 0. The molecule has 1 aliphatic carbocycles. The third-order valence-corrected chi connectivity index (χ3v) is 7.36. The highest BCUT2D eigenvalue weighted by Crippen LogP contribution is 2.31. The van der Waals surface area contributed by atoms with Crippen molar-refractivity contribution in [2.45, 2.75) is 125 Å². The number of Topliss-reactive ketones (excluding diaryl/α,β-unsaturated/α-hetero) is 2. The van der Waals surface area contributed by atoms with Crippen LogP contribution in [0.25, 0.3) is 0 Å². The van der Waals surface area contributed by atoms with Crippen LogP contribution in [-0.4, -0.2) is 22.3 Å². The molecule has 33 heavy (non-hydrogen) atoms. The van der Waals surface area contributed by atoms with Crippen LogP contribution in [0.15, 0.2) is 22.3 Å². The molecule has 4 heteroatoms. The minimum Gasteiger partial charge on any atom is -0.390 e. The lowest BCUT2D eigenvalue weighted by Gasteiger charge is -2.25. The van der Waals surface area contributed by atoms with Crippen molar-refractivity contribution in [3.05, 3.63) is 22.3 Å². The summed E-state index contributed by atoms with van der Waals surface area (Å²) in [4.78, 5) is 25.0. The second-order valence-corrected chi connectivity index (χ2v) is 11.2. The van der Waals surface area contributed by atoms with Crippen molar-refractivity contribution in [1.29, 1.82) is 5.26 Å². The minimum atomic E-state index is -0.911. The van der Waals surface area contributed by atoms with Crippen LogP contribution in [-0.2, 0) is 9.59 Å². The van der Waals surface area contributed by atoms with E-state index in [9.17, 15) is 20.0 Å². The Morgan fingerprint density at radius 2 is 1.30 bits per heavy atom. The molecule has 0 fully saturated rings. The molecule has 4 nitrogen and oxygen atoms in total. The number of hydrogen-bond acceptors (Lipinski definition) is 4. The van der Waals surface area contributed by atoms with E-state index >= 15 is 0 Å². The van der Waals surface area contributed by atoms with E-state index in [0.717, 1.165) is 24.7 Å². The summed E-state index contributed by atoms with van der Waals surface area (Å²) in [6.45, 7) is 14.3. The Morgan fingerprint density at radius 1 is 0.818 bits per heavy atom. The van der Waals surface area contributed by atoms with Crippen LogP contribution in [0.3, 0.4) is 0 Å². The van der Waals surface area contributed by atoms with Crippen LogP contribution in [0.5, 0.6) is 0 Å². The third-order valence-electron chi connectivity index (χ3n) is 7.36. The average molecular weight is 458 g/mol. The topological polar surface area (TPSA) is 78.2 Å². The molecule has 1 rings (SSSR count). The van der Waals surface area contributed by atoms with Crippen LogP contribution in [0.4, 0.5) is 0 Å². The Bertz CT molecular complexity index is 779. The monoisotopic (exact) mass is 457 g/mol. The zero-order chi connectivity index (χ0) is 25.2. The highest BCUT2D eigenvalue weighted by atomic mass is 16.3. The SMILES string of the molecule is CC1=C(C)C(=O)C(CCC(C)(O)CCC[C@H](C)CCC[C@H](C)CCCC(C)C)=C(C#N)C1=O. The van der Waals surface area contributed by atoms with E-state index in [1.54, 1.807) is 20.8 Å². The Balaban J connectivity index is 2.39. The summed E-state index contributed by atoms with van der Waals surface area (Å²) < 4.78 is 0. The van der Waals surface area contributed by atoms with E-state index in [1.165, 1.54) is 38.5 Å². The van der Waals surface area contributed by atoms with Gasteiger partial charge >= 0.3 is 0 Å². The van der Waals surface area contributed by atoms with Gasteiger partial charge in [-0.15, -0.1) is 0 Å². The maximum absolute atomic E-state index is 12.6. The molecule has 0 aromatic heterocycles. The number of carbonyl (C=O) groups excluding carboxylic acids is 2. The van der Waals surface area contributed by atoms with Crippen LogP contribution in [0, 0.1) is 29.1 Å². The molecule has 0 aliphatic heterocycles. The van der Waals surface area contributed by atoms with E-state index in [-0.39, 0.29) is 29.1 Å². The summed E-state index contributed by atoms with van der Waals surface area (Å²) in [6, 6.07) is 1.92. The molecule has 0 amide bonds. The van der Waals surface area contributed by atoms with E-state index in [4.69, 9.17) is 0 Å². The predicted molar refractivity (Wildman–Crippen MR) is 136 cm³/mol. The maximum atomic E-state index is 12.6. The van der Waals surface area contributed by atoms with Crippen molar-refractivity contribution in [2.75, 3.05) is 0 Å². The highest BCUT2D eigenvalue weighted by molar-refractivity contribution is 6.26.